The van der Waals surface area contributed by atoms with Crippen molar-refractivity contribution in [2.24, 2.45) is 0 Å². The lowest BCUT2D eigenvalue weighted by atomic mass is 10.0. The first-order valence-corrected chi connectivity index (χ1v) is 9.61. The summed E-state index contributed by atoms with van der Waals surface area (Å²) in [6.07, 6.45) is -0.255. The molecule has 0 radical (unpaired) electrons. The summed E-state index contributed by atoms with van der Waals surface area (Å²) in [6, 6.07) is 27.0. The molecule has 0 aromatic heterocycles. The van der Waals surface area contributed by atoms with Crippen LogP contribution in [0.25, 0.3) is 11.1 Å². The molecule has 5 nitrogen and oxygen atoms in total. The standard InChI is InChI=1S/C24H22N2O3/c27-23-17-29-22(16-26(23)21-12-5-2-6-13-21)15-25-24(28)20-11-7-10-19(14-20)18-8-3-1-4-9-18/h1-14,22H,15-17H2,(H,25,28). The van der Waals surface area contributed by atoms with Crippen molar-refractivity contribution in [3.8, 4) is 11.1 Å². The third-order valence-corrected chi connectivity index (χ3v) is 4.92. The van der Waals surface area contributed by atoms with Gasteiger partial charge in [-0.05, 0) is 35.4 Å². The van der Waals surface area contributed by atoms with E-state index in [9.17, 15) is 9.59 Å². The molecule has 146 valence electrons. The number of benzene rings is 3. The number of rotatable bonds is 5. The summed E-state index contributed by atoms with van der Waals surface area (Å²) >= 11 is 0. The SMILES string of the molecule is O=C(NCC1CN(c2ccccc2)C(=O)CO1)c1cccc(-c2ccccc2)c1. The van der Waals surface area contributed by atoms with Crippen LogP contribution in [0.1, 0.15) is 10.4 Å². The van der Waals surface area contributed by atoms with E-state index in [1.807, 2.05) is 78.9 Å². The van der Waals surface area contributed by atoms with Gasteiger partial charge in [0, 0.05) is 17.8 Å². The fourth-order valence-electron chi connectivity index (χ4n) is 3.39. The van der Waals surface area contributed by atoms with Gasteiger partial charge in [0.05, 0.1) is 12.6 Å². The van der Waals surface area contributed by atoms with Gasteiger partial charge in [-0.25, -0.2) is 0 Å². The second-order valence-corrected chi connectivity index (χ2v) is 6.93. The first-order chi connectivity index (χ1) is 14.2. The molecule has 0 aliphatic carbocycles. The van der Waals surface area contributed by atoms with Crippen LogP contribution in [0.15, 0.2) is 84.9 Å². The van der Waals surface area contributed by atoms with Gasteiger partial charge >= 0.3 is 0 Å². The molecule has 1 fully saturated rings. The highest BCUT2D eigenvalue weighted by Gasteiger charge is 2.27. The molecule has 1 N–H and O–H groups in total. The van der Waals surface area contributed by atoms with Gasteiger partial charge in [0.15, 0.2) is 0 Å². The second kappa shape index (κ2) is 8.71. The van der Waals surface area contributed by atoms with Gasteiger partial charge in [-0.2, -0.15) is 0 Å². The monoisotopic (exact) mass is 386 g/mol. The summed E-state index contributed by atoms with van der Waals surface area (Å²) in [6.45, 7) is 0.761. The first kappa shape index (κ1) is 18.9. The highest BCUT2D eigenvalue weighted by Crippen LogP contribution is 2.20. The first-order valence-electron chi connectivity index (χ1n) is 9.61. The molecule has 5 heteroatoms. The molecular formula is C24H22N2O3. The predicted octanol–water partition coefficient (Wildman–Crippen LogP) is 3.52. The van der Waals surface area contributed by atoms with E-state index in [-0.39, 0.29) is 24.5 Å². The highest BCUT2D eigenvalue weighted by atomic mass is 16.5. The Balaban J connectivity index is 1.39. The molecular weight excluding hydrogens is 364 g/mol. The fourth-order valence-corrected chi connectivity index (χ4v) is 3.39. The van der Waals surface area contributed by atoms with Crippen molar-refractivity contribution in [3.05, 3.63) is 90.5 Å². The number of nitrogens with zero attached hydrogens (tertiary/aromatic N) is 1. The number of carbonyl (C=O) groups is 2. The summed E-state index contributed by atoms with van der Waals surface area (Å²) in [5, 5.41) is 2.93. The normalized spacial score (nSPS) is 16.5. The van der Waals surface area contributed by atoms with E-state index in [0.717, 1.165) is 16.8 Å². The van der Waals surface area contributed by atoms with Gasteiger partial charge in [0.1, 0.15) is 6.61 Å². The van der Waals surface area contributed by atoms with E-state index < -0.39 is 0 Å². The molecule has 29 heavy (non-hydrogen) atoms. The van der Waals surface area contributed by atoms with Crippen LogP contribution in [0.2, 0.25) is 0 Å². The Morgan fingerprint density at radius 3 is 2.38 bits per heavy atom. The molecule has 2 amide bonds. The number of para-hydroxylation sites is 1. The zero-order chi connectivity index (χ0) is 20.1. The van der Waals surface area contributed by atoms with Crippen molar-refractivity contribution < 1.29 is 14.3 Å². The van der Waals surface area contributed by atoms with Gasteiger partial charge in [-0.1, -0.05) is 60.7 Å². The molecule has 1 atom stereocenters. The van der Waals surface area contributed by atoms with Crippen LogP contribution < -0.4 is 10.2 Å². The lowest BCUT2D eigenvalue weighted by Crippen LogP contribution is -2.50. The van der Waals surface area contributed by atoms with Crippen LogP contribution in [0.3, 0.4) is 0 Å². The highest BCUT2D eigenvalue weighted by molar-refractivity contribution is 5.96. The third-order valence-electron chi connectivity index (χ3n) is 4.92. The molecule has 0 bridgehead atoms. The Kier molecular flexibility index (Phi) is 5.68. The molecule has 1 saturated heterocycles. The van der Waals surface area contributed by atoms with Crippen LogP contribution in [0.4, 0.5) is 5.69 Å². The van der Waals surface area contributed by atoms with Gasteiger partial charge in [-0.15, -0.1) is 0 Å². The van der Waals surface area contributed by atoms with Crippen LogP contribution >= 0.6 is 0 Å². The zero-order valence-corrected chi connectivity index (χ0v) is 16.0. The van der Waals surface area contributed by atoms with Crippen molar-refractivity contribution in [1.29, 1.82) is 0 Å². The minimum atomic E-state index is -0.255. The Hall–Kier alpha value is -3.44. The Morgan fingerprint density at radius 2 is 1.62 bits per heavy atom. The van der Waals surface area contributed by atoms with Crippen LogP contribution in [-0.2, 0) is 9.53 Å². The molecule has 1 unspecified atom stereocenters. The topological polar surface area (TPSA) is 58.6 Å². The van der Waals surface area contributed by atoms with E-state index in [1.54, 1.807) is 11.0 Å². The third kappa shape index (κ3) is 4.52. The van der Waals surface area contributed by atoms with Crippen molar-refractivity contribution in [3.63, 3.8) is 0 Å². The van der Waals surface area contributed by atoms with Crippen molar-refractivity contribution >= 4 is 17.5 Å². The minimum Gasteiger partial charge on any atom is -0.365 e. The van der Waals surface area contributed by atoms with E-state index in [1.165, 1.54) is 0 Å². The average Bonchev–Trinajstić information content (AvgIpc) is 2.79. The second-order valence-electron chi connectivity index (χ2n) is 6.93. The minimum absolute atomic E-state index is 0.0128. The summed E-state index contributed by atoms with van der Waals surface area (Å²) in [5.74, 6) is -0.233. The van der Waals surface area contributed by atoms with Crippen molar-refractivity contribution in [2.75, 3.05) is 24.6 Å². The number of hydrogen-bond donors (Lipinski definition) is 1. The summed E-state index contributed by atoms with van der Waals surface area (Å²) in [4.78, 5) is 26.5. The number of anilines is 1. The van der Waals surface area contributed by atoms with Gasteiger partial charge in [-0.3, -0.25) is 9.59 Å². The van der Waals surface area contributed by atoms with Gasteiger partial charge in [0.25, 0.3) is 11.8 Å². The average molecular weight is 386 g/mol. The Morgan fingerprint density at radius 1 is 0.931 bits per heavy atom. The number of ether oxygens (including phenoxy) is 1. The molecule has 0 spiro atoms. The number of nitrogens with one attached hydrogen (secondary N) is 1. The quantitative estimate of drug-likeness (QED) is 0.730. The summed E-state index contributed by atoms with van der Waals surface area (Å²) < 4.78 is 5.62. The largest absolute Gasteiger partial charge is 0.365 e. The lowest BCUT2D eigenvalue weighted by Gasteiger charge is -2.32. The van der Waals surface area contributed by atoms with E-state index >= 15 is 0 Å². The number of amides is 2. The maximum absolute atomic E-state index is 12.6. The zero-order valence-electron chi connectivity index (χ0n) is 16.0. The fraction of sp³-hybridized carbons (Fsp3) is 0.167. The summed E-state index contributed by atoms with van der Waals surface area (Å²) in [7, 11) is 0. The molecule has 1 heterocycles. The molecule has 3 aromatic carbocycles. The van der Waals surface area contributed by atoms with Crippen LogP contribution in [0, 0.1) is 0 Å². The molecule has 1 aliphatic heterocycles. The Labute approximate surface area is 169 Å². The van der Waals surface area contributed by atoms with Crippen molar-refractivity contribution in [2.45, 2.75) is 6.10 Å². The number of morpholine rings is 1. The van der Waals surface area contributed by atoms with Gasteiger partial charge < -0.3 is 15.0 Å². The van der Waals surface area contributed by atoms with E-state index in [0.29, 0.717) is 18.7 Å². The molecule has 1 aliphatic rings. The van der Waals surface area contributed by atoms with E-state index in [4.69, 9.17) is 4.74 Å². The van der Waals surface area contributed by atoms with Gasteiger partial charge in [0.2, 0.25) is 0 Å². The number of carbonyl (C=O) groups excluding carboxylic acids is 2. The van der Waals surface area contributed by atoms with Crippen LogP contribution in [0.5, 0.6) is 0 Å². The summed E-state index contributed by atoms with van der Waals surface area (Å²) in [5.41, 5.74) is 3.49. The molecule has 3 aromatic rings. The number of hydrogen-bond acceptors (Lipinski definition) is 3. The predicted molar refractivity (Wildman–Crippen MR) is 113 cm³/mol. The Bertz CT molecular complexity index is 989. The maximum Gasteiger partial charge on any atom is 0.253 e. The van der Waals surface area contributed by atoms with Crippen molar-refractivity contribution in [1.82, 2.24) is 5.32 Å². The lowest BCUT2D eigenvalue weighted by molar-refractivity contribution is -0.129. The molecule has 4 rings (SSSR count). The smallest absolute Gasteiger partial charge is 0.253 e. The molecule has 0 saturated carbocycles. The van der Waals surface area contributed by atoms with E-state index in [2.05, 4.69) is 5.32 Å². The maximum atomic E-state index is 12.6. The van der Waals surface area contributed by atoms with Crippen LogP contribution in [-0.4, -0.2) is 37.6 Å².